The lowest BCUT2D eigenvalue weighted by Gasteiger charge is -2.11. The Kier molecular flexibility index (Phi) is 9.93. The number of aromatic amines is 1. The SMILES string of the molecule is Cc1cc(Nc2cc(NCCCCCCCC(=O)NO)nc(Sc3ccc(NC(=O)C4CC4)cc3)n2)n[nH]1. The first kappa shape index (κ1) is 27.4. The number of anilines is 4. The van der Waals surface area contributed by atoms with Crippen LogP contribution < -0.4 is 21.4 Å². The number of nitrogens with one attached hydrogen (secondary N) is 5. The average Bonchev–Trinajstić information content (AvgIpc) is 3.68. The molecule has 0 saturated heterocycles. The van der Waals surface area contributed by atoms with Crippen molar-refractivity contribution in [1.29, 1.82) is 0 Å². The number of hydrogen-bond acceptors (Lipinski definition) is 9. The third-order valence-corrected chi connectivity index (χ3v) is 6.83. The summed E-state index contributed by atoms with van der Waals surface area (Å²) >= 11 is 1.44. The lowest BCUT2D eigenvalue weighted by molar-refractivity contribution is -0.129. The molecule has 2 amide bonds. The molecule has 2 aromatic heterocycles. The number of amides is 2. The Hall–Kier alpha value is -3.64. The van der Waals surface area contributed by atoms with Crippen molar-refractivity contribution in [2.75, 3.05) is 22.5 Å². The lowest BCUT2D eigenvalue weighted by Crippen LogP contribution is -2.17. The van der Waals surface area contributed by atoms with Crippen LogP contribution in [0.1, 0.15) is 57.1 Å². The van der Waals surface area contributed by atoms with Crippen molar-refractivity contribution in [3.8, 4) is 0 Å². The zero-order chi connectivity index (χ0) is 26.7. The molecule has 11 nitrogen and oxygen atoms in total. The summed E-state index contributed by atoms with van der Waals surface area (Å²) in [5, 5.41) is 25.9. The van der Waals surface area contributed by atoms with Gasteiger partial charge in [-0.05, 0) is 68.6 Å². The second-order valence-electron chi connectivity index (χ2n) is 9.35. The summed E-state index contributed by atoms with van der Waals surface area (Å²) in [6.07, 6.45) is 7.02. The van der Waals surface area contributed by atoms with Crippen LogP contribution in [0.2, 0.25) is 0 Å². The van der Waals surface area contributed by atoms with Crippen LogP contribution in [-0.4, -0.2) is 43.7 Å². The fourth-order valence-electron chi connectivity index (χ4n) is 3.75. The summed E-state index contributed by atoms with van der Waals surface area (Å²) < 4.78 is 0. The van der Waals surface area contributed by atoms with Gasteiger partial charge in [0.25, 0.3) is 0 Å². The Morgan fingerprint density at radius 2 is 1.74 bits per heavy atom. The van der Waals surface area contributed by atoms with Gasteiger partial charge in [0.15, 0.2) is 11.0 Å². The van der Waals surface area contributed by atoms with Crippen molar-refractivity contribution in [2.24, 2.45) is 5.92 Å². The molecule has 6 N–H and O–H groups in total. The second-order valence-corrected chi connectivity index (χ2v) is 10.4. The normalized spacial score (nSPS) is 12.7. The molecule has 0 unspecified atom stereocenters. The number of unbranched alkanes of at least 4 members (excludes halogenated alkanes) is 4. The molecule has 0 atom stereocenters. The molecular formula is C26H34N8O3S. The third kappa shape index (κ3) is 9.03. The molecule has 0 bridgehead atoms. The molecule has 1 fully saturated rings. The topological polar surface area (TPSA) is 157 Å². The molecule has 3 aromatic rings. The minimum atomic E-state index is -0.338. The van der Waals surface area contributed by atoms with Crippen LogP contribution in [0.4, 0.5) is 23.1 Å². The molecule has 0 aliphatic heterocycles. The van der Waals surface area contributed by atoms with E-state index in [1.165, 1.54) is 11.8 Å². The number of hydrogen-bond donors (Lipinski definition) is 6. The van der Waals surface area contributed by atoms with E-state index in [4.69, 9.17) is 5.21 Å². The molecule has 0 radical (unpaired) electrons. The van der Waals surface area contributed by atoms with E-state index in [2.05, 4.69) is 36.1 Å². The number of rotatable bonds is 15. The molecule has 1 aliphatic rings. The number of H-pyrrole nitrogens is 1. The van der Waals surface area contributed by atoms with Gasteiger partial charge in [0.2, 0.25) is 11.8 Å². The molecule has 1 aromatic carbocycles. The largest absolute Gasteiger partial charge is 0.370 e. The Morgan fingerprint density at radius 1 is 1.00 bits per heavy atom. The van der Waals surface area contributed by atoms with Crippen LogP contribution in [0.25, 0.3) is 0 Å². The van der Waals surface area contributed by atoms with Gasteiger partial charge in [-0.15, -0.1) is 0 Å². The highest BCUT2D eigenvalue weighted by Crippen LogP contribution is 2.31. The Labute approximate surface area is 226 Å². The van der Waals surface area contributed by atoms with Gasteiger partial charge in [-0.25, -0.2) is 15.4 Å². The van der Waals surface area contributed by atoms with E-state index < -0.39 is 0 Å². The minimum Gasteiger partial charge on any atom is -0.370 e. The highest BCUT2D eigenvalue weighted by atomic mass is 32.2. The molecule has 12 heteroatoms. The predicted octanol–water partition coefficient (Wildman–Crippen LogP) is 5.01. The quantitative estimate of drug-likeness (QED) is 0.0677. The van der Waals surface area contributed by atoms with Gasteiger partial charge in [-0.2, -0.15) is 5.10 Å². The number of carbonyl (C=O) groups excluding carboxylic acids is 2. The first-order valence-electron chi connectivity index (χ1n) is 12.9. The summed E-state index contributed by atoms with van der Waals surface area (Å²) in [4.78, 5) is 33.4. The fraction of sp³-hybridized carbons (Fsp3) is 0.423. The molecule has 2 heterocycles. The molecule has 38 heavy (non-hydrogen) atoms. The van der Waals surface area contributed by atoms with Crippen LogP contribution >= 0.6 is 11.8 Å². The van der Waals surface area contributed by atoms with Crippen molar-refractivity contribution in [3.05, 3.63) is 42.1 Å². The maximum Gasteiger partial charge on any atom is 0.243 e. The van der Waals surface area contributed by atoms with Gasteiger partial charge in [-0.1, -0.05) is 19.3 Å². The number of aromatic nitrogens is 4. The molecule has 202 valence electrons. The molecule has 1 aliphatic carbocycles. The van der Waals surface area contributed by atoms with E-state index in [-0.39, 0.29) is 17.7 Å². The maximum absolute atomic E-state index is 12.0. The molecule has 1 saturated carbocycles. The summed E-state index contributed by atoms with van der Waals surface area (Å²) in [6, 6.07) is 11.5. The summed E-state index contributed by atoms with van der Waals surface area (Å²) in [7, 11) is 0. The zero-order valence-electron chi connectivity index (χ0n) is 21.4. The van der Waals surface area contributed by atoms with Crippen LogP contribution in [-0.2, 0) is 9.59 Å². The number of aryl methyl sites for hydroxylation is 1. The Morgan fingerprint density at radius 3 is 2.45 bits per heavy atom. The highest BCUT2D eigenvalue weighted by Gasteiger charge is 2.29. The maximum atomic E-state index is 12.0. The summed E-state index contributed by atoms with van der Waals surface area (Å²) in [5.41, 5.74) is 3.39. The first-order chi connectivity index (χ1) is 18.5. The summed E-state index contributed by atoms with van der Waals surface area (Å²) in [6.45, 7) is 2.69. The lowest BCUT2D eigenvalue weighted by atomic mass is 10.1. The zero-order valence-corrected chi connectivity index (χ0v) is 22.2. The third-order valence-electron chi connectivity index (χ3n) is 5.96. The van der Waals surface area contributed by atoms with Gasteiger partial charge in [0, 0.05) is 47.3 Å². The predicted molar refractivity (Wildman–Crippen MR) is 147 cm³/mol. The molecule has 4 rings (SSSR count). The van der Waals surface area contributed by atoms with E-state index in [0.29, 0.717) is 29.0 Å². The van der Waals surface area contributed by atoms with Crippen LogP contribution in [0.5, 0.6) is 0 Å². The highest BCUT2D eigenvalue weighted by molar-refractivity contribution is 7.99. The number of benzene rings is 1. The van der Waals surface area contributed by atoms with E-state index in [0.717, 1.165) is 67.8 Å². The van der Waals surface area contributed by atoms with Crippen molar-refractivity contribution in [3.63, 3.8) is 0 Å². The summed E-state index contributed by atoms with van der Waals surface area (Å²) in [5.74, 6) is 1.93. The first-order valence-corrected chi connectivity index (χ1v) is 13.7. The Bertz CT molecular complexity index is 1210. The van der Waals surface area contributed by atoms with Crippen molar-refractivity contribution >= 4 is 46.7 Å². The average molecular weight is 539 g/mol. The van der Waals surface area contributed by atoms with Gasteiger partial charge in [0.05, 0.1) is 0 Å². The van der Waals surface area contributed by atoms with Crippen LogP contribution in [0.15, 0.2) is 46.5 Å². The fourth-order valence-corrected chi connectivity index (χ4v) is 4.52. The van der Waals surface area contributed by atoms with Gasteiger partial charge < -0.3 is 16.0 Å². The van der Waals surface area contributed by atoms with Crippen LogP contribution in [0.3, 0.4) is 0 Å². The van der Waals surface area contributed by atoms with E-state index in [9.17, 15) is 9.59 Å². The second kappa shape index (κ2) is 13.8. The Balaban J connectivity index is 1.33. The van der Waals surface area contributed by atoms with Crippen molar-refractivity contribution in [1.82, 2.24) is 25.6 Å². The monoisotopic (exact) mass is 538 g/mol. The van der Waals surface area contributed by atoms with Gasteiger partial charge >= 0.3 is 0 Å². The minimum absolute atomic E-state index is 0.0888. The number of carbonyl (C=O) groups is 2. The molecule has 0 spiro atoms. The standard InChI is InChI=1S/C26H34N8O3S/c1-17-15-23(33-32-17)29-22-16-21(27-14-6-4-2-3-5-7-24(35)34-37)30-26(31-22)38-20-12-10-19(11-13-20)28-25(36)18-8-9-18/h10-13,15-16,18,37H,2-9,14H2,1H3,(H,28,36)(H,34,35)(H3,27,29,30,31,32,33). The van der Waals surface area contributed by atoms with E-state index in [1.54, 1.807) is 5.48 Å². The van der Waals surface area contributed by atoms with Gasteiger partial charge in [0.1, 0.15) is 11.6 Å². The van der Waals surface area contributed by atoms with Gasteiger partial charge in [-0.3, -0.25) is 19.9 Å². The smallest absolute Gasteiger partial charge is 0.243 e. The van der Waals surface area contributed by atoms with E-state index in [1.807, 2.05) is 43.3 Å². The van der Waals surface area contributed by atoms with E-state index >= 15 is 0 Å². The number of hydroxylamine groups is 1. The molecular weight excluding hydrogens is 504 g/mol. The van der Waals surface area contributed by atoms with Crippen molar-refractivity contribution in [2.45, 2.75) is 68.3 Å². The number of nitrogens with zero attached hydrogens (tertiary/aromatic N) is 3. The van der Waals surface area contributed by atoms with Crippen molar-refractivity contribution < 1.29 is 14.8 Å². The van der Waals surface area contributed by atoms with Crippen LogP contribution in [0, 0.1) is 12.8 Å².